The number of ketones is 1. The minimum absolute atomic E-state index is 0.0792. The van der Waals surface area contributed by atoms with Crippen molar-refractivity contribution in [3.63, 3.8) is 0 Å². The number of rotatable bonds is 6. The van der Waals surface area contributed by atoms with E-state index in [-0.39, 0.29) is 34.3 Å². The van der Waals surface area contributed by atoms with Crippen molar-refractivity contribution >= 4 is 68.8 Å². The van der Waals surface area contributed by atoms with E-state index in [2.05, 4.69) is 21.6 Å². The number of hydrogen-bond donors (Lipinski definition) is 2. The van der Waals surface area contributed by atoms with Crippen molar-refractivity contribution in [2.24, 2.45) is 11.1 Å². The average molecular weight is 626 g/mol. The third-order valence-electron chi connectivity index (χ3n) is 6.87. The van der Waals surface area contributed by atoms with Gasteiger partial charge in [-0.15, -0.1) is 10.2 Å². The summed E-state index contributed by atoms with van der Waals surface area (Å²) in [5.74, 6) is -0.684. The van der Waals surface area contributed by atoms with Crippen molar-refractivity contribution in [1.29, 1.82) is 5.26 Å². The topological polar surface area (TPSA) is 125 Å². The third-order valence-corrected chi connectivity index (χ3v) is 9.47. The molecule has 5 rings (SSSR count). The molecular weight excluding hydrogens is 599 g/mol. The normalized spacial score (nSPS) is 18.3. The highest BCUT2D eigenvalue weighted by molar-refractivity contribution is 8.01. The second-order valence-corrected chi connectivity index (χ2v) is 13.7. The lowest BCUT2D eigenvalue weighted by Gasteiger charge is -2.42. The van der Waals surface area contributed by atoms with Gasteiger partial charge in [-0.2, -0.15) is 5.26 Å². The van der Waals surface area contributed by atoms with Crippen molar-refractivity contribution < 1.29 is 9.59 Å². The molecule has 2 aliphatic rings. The van der Waals surface area contributed by atoms with Crippen LogP contribution in [-0.4, -0.2) is 27.6 Å². The zero-order valence-electron chi connectivity index (χ0n) is 22.5. The van der Waals surface area contributed by atoms with E-state index in [9.17, 15) is 14.9 Å². The molecule has 210 valence electrons. The molecule has 2 heterocycles. The molecule has 8 nitrogen and oxygen atoms in total. The maximum absolute atomic E-state index is 13.7. The standard InChI is InChI=1S/C29H26Cl2N6O2S2/c1-15-5-4-6-17(9-15)34-23(39)14-40-28-36-35-27(41-28)37-21-11-29(2,3)12-22(38)25(21)24(19(13-32)26(37)33)18-8-7-16(30)10-20(18)31/h4-10,24H,11-12,14,33H2,1-3H3,(H,34,39). The molecule has 0 spiro atoms. The molecule has 12 heteroatoms. The molecule has 0 fully saturated rings. The Bertz CT molecular complexity index is 1670. The molecule has 1 unspecified atom stereocenters. The largest absolute Gasteiger partial charge is 0.384 e. The summed E-state index contributed by atoms with van der Waals surface area (Å²) < 4.78 is 0.553. The van der Waals surface area contributed by atoms with Crippen LogP contribution >= 0.6 is 46.3 Å². The Morgan fingerprint density at radius 2 is 2.02 bits per heavy atom. The Morgan fingerprint density at radius 1 is 1.24 bits per heavy atom. The highest BCUT2D eigenvalue weighted by Gasteiger charge is 2.46. The summed E-state index contributed by atoms with van der Waals surface area (Å²) in [6, 6.07) is 14.8. The molecule has 1 aliphatic heterocycles. The van der Waals surface area contributed by atoms with Crippen LogP contribution in [0.4, 0.5) is 10.8 Å². The summed E-state index contributed by atoms with van der Waals surface area (Å²) in [4.78, 5) is 27.9. The van der Waals surface area contributed by atoms with Crippen LogP contribution in [0.25, 0.3) is 0 Å². The van der Waals surface area contributed by atoms with E-state index < -0.39 is 5.92 Å². The Labute approximate surface area is 256 Å². The van der Waals surface area contributed by atoms with Gasteiger partial charge >= 0.3 is 0 Å². The predicted molar refractivity (Wildman–Crippen MR) is 164 cm³/mol. The Morgan fingerprint density at radius 3 is 2.73 bits per heavy atom. The Balaban J connectivity index is 1.48. The number of halogens is 2. The molecule has 3 N–H and O–H groups in total. The summed E-state index contributed by atoms with van der Waals surface area (Å²) in [6.45, 7) is 6.00. The van der Waals surface area contributed by atoms with Gasteiger partial charge in [-0.3, -0.25) is 14.5 Å². The first-order chi connectivity index (χ1) is 19.5. The lowest BCUT2D eigenvalue weighted by Crippen LogP contribution is -2.42. The predicted octanol–water partition coefficient (Wildman–Crippen LogP) is 6.83. The summed E-state index contributed by atoms with van der Waals surface area (Å²) in [5, 5.41) is 23.0. The van der Waals surface area contributed by atoms with E-state index in [0.717, 1.165) is 11.3 Å². The number of aryl methyl sites for hydroxylation is 1. The fourth-order valence-electron chi connectivity index (χ4n) is 5.17. The number of carbonyl (C=O) groups excluding carboxylic acids is 2. The molecule has 41 heavy (non-hydrogen) atoms. The zero-order chi connectivity index (χ0) is 29.5. The lowest BCUT2D eigenvalue weighted by molar-refractivity contribution is -0.118. The molecule has 1 atom stereocenters. The number of aromatic nitrogens is 2. The van der Waals surface area contributed by atoms with Gasteiger partial charge in [-0.25, -0.2) is 0 Å². The Hall–Kier alpha value is -3.36. The lowest BCUT2D eigenvalue weighted by atomic mass is 9.68. The van der Waals surface area contributed by atoms with Gasteiger partial charge in [-0.1, -0.05) is 78.3 Å². The minimum Gasteiger partial charge on any atom is -0.384 e. The van der Waals surface area contributed by atoms with Crippen molar-refractivity contribution in [3.8, 4) is 6.07 Å². The number of amides is 1. The molecule has 2 aromatic carbocycles. The van der Waals surface area contributed by atoms with Crippen molar-refractivity contribution in [2.45, 2.75) is 43.9 Å². The molecule has 1 amide bonds. The van der Waals surface area contributed by atoms with Crippen LogP contribution in [0.2, 0.25) is 10.0 Å². The number of nitrogens with two attached hydrogens (primary N) is 1. The van der Waals surface area contributed by atoms with Gasteiger partial charge < -0.3 is 11.1 Å². The van der Waals surface area contributed by atoms with Crippen LogP contribution in [0.1, 0.15) is 43.7 Å². The van der Waals surface area contributed by atoms with E-state index >= 15 is 0 Å². The number of nitrogens with zero attached hydrogens (tertiary/aromatic N) is 4. The van der Waals surface area contributed by atoms with Gasteiger partial charge in [0.1, 0.15) is 5.82 Å². The quantitative estimate of drug-likeness (QED) is 0.286. The summed E-state index contributed by atoms with van der Waals surface area (Å²) >= 11 is 15.2. The number of nitriles is 1. The molecule has 0 saturated carbocycles. The van der Waals surface area contributed by atoms with Crippen molar-refractivity contribution in [1.82, 2.24) is 10.2 Å². The first-order valence-corrected chi connectivity index (χ1v) is 15.3. The number of Topliss-reactive ketones (excluding diaryl/α,β-unsaturated/α-hetero) is 1. The Kier molecular flexibility index (Phi) is 8.17. The fraction of sp³-hybridized carbons (Fsp3) is 0.276. The minimum atomic E-state index is -0.730. The molecule has 1 aromatic heterocycles. The highest BCUT2D eigenvalue weighted by Crippen LogP contribution is 2.51. The van der Waals surface area contributed by atoms with Gasteiger partial charge in [0.15, 0.2) is 10.1 Å². The molecule has 0 bridgehead atoms. The molecule has 1 aliphatic carbocycles. The number of carbonyl (C=O) groups is 2. The number of thioether (sulfide) groups is 1. The first-order valence-electron chi connectivity index (χ1n) is 12.7. The van der Waals surface area contributed by atoms with Crippen LogP contribution in [-0.2, 0) is 9.59 Å². The van der Waals surface area contributed by atoms with E-state index in [1.165, 1.54) is 23.1 Å². The highest BCUT2D eigenvalue weighted by atomic mass is 35.5. The fourth-order valence-corrected chi connectivity index (χ4v) is 7.37. The van der Waals surface area contributed by atoms with Crippen molar-refractivity contribution in [3.05, 3.63) is 86.3 Å². The number of nitrogens with one attached hydrogen (secondary N) is 1. The molecule has 0 saturated heterocycles. The second kappa shape index (κ2) is 11.5. The SMILES string of the molecule is Cc1cccc(NC(=O)CSc2nnc(N3C(N)=C(C#N)C(c4ccc(Cl)cc4Cl)C4=C3CC(C)(C)CC4=O)s2)c1. The smallest absolute Gasteiger partial charge is 0.234 e. The van der Waals surface area contributed by atoms with Crippen LogP contribution in [0, 0.1) is 23.7 Å². The van der Waals surface area contributed by atoms with E-state index in [4.69, 9.17) is 28.9 Å². The second-order valence-electron chi connectivity index (χ2n) is 10.7. The third kappa shape index (κ3) is 5.99. The van der Waals surface area contributed by atoms with Gasteiger partial charge in [0, 0.05) is 33.4 Å². The molecular formula is C29H26Cl2N6O2S2. The maximum Gasteiger partial charge on any atom is 0.234 e. The van der Waals surface area contributed by atoms with E-state index in [0.29, 0.717) is 49.2 Å². The zero-order valence-corrected chi connectivity index (χ0v) is 25.6. The van der Waals surface area contributed by atoms with Gasteiger partial charge in [0.05, 0.1) is 23.3 Å². The van der Waals surface area contributed by atoms with Gasteiger partial charge in [0.2, 0.25) is 11.0 Å². The van der Waals surface area contributed by atoms with Crippen molar-refractivity contribution in [2.75, 3.05) is 16.0 Å². The first kappa shape index (κ1) is 29.1. The summed E-state index contributed by atoms with van der Waals surface area (Å²) in [7, 11) is 0. The number of allylic oxidation sites excluding steroid dienone is 3. The summed E-state index contributed by atoms with van der Waals surface area (Å²) in [5.41, 5.74) is 10.0. The molecule has 0 radical (unpaired) electrons. The van der Waals surface area contributed by atoms with Crippen LogP contribution in [0.15, 0.2) is 69.5 Å². The number of benzene rings is 2. The average Bonchev–Trinajstić information content (AvgIpc) is 3.35. The number of anilines is 2. The van der Waals surface area contributed by atoms with E-state index in [1.807, 2.05) is 45.0 Å². The number of hydrogen-bond acceptors (Lipinski definition) is 9. The monoisotopic (exact) mass is 624 g/mol. The van der Waals surface area contributed by atoms with Crippen LogP contribution in [0.3, 0.4) is 0 Å². The maximum atomic E-state index is 13.7. The van der Waals surface area contributed by atoms with Crippen LogP contribution < -0.4 is 16.0 Å². The summed E-state index contributed by atoms with van der Waals surface area (Å²) in [6.07, 6.45) is 0.837. The van der Waals surface area contributed by atoms with E-state index in [1.54, 1.807) is 23.1 Å². The van der Waals surface area contributed by atoms with Gasteiger partial charge in [0.25, 0.3) is 0 Å². The van der Waals surface area contributed by atoms with Crippen LogP contribution in [0.5, 0.6) is 0 Å². The van der Waals surface area contributed by atoms with Gasteiger partial charge in [-0.05, 0) is 54.2 Å². The molecule has 3 aromatic rings.